The van der Waals surface area contributed by atoms with Crippen molar-refractivity contribution in [1.29, 1.82) is 0 Å². The average Bonchev–Trinajstić information content (AvgIpc) is 2.39. The van der Waals surface area contributed by atoms with E-state index in [2.05, 4.69) is 27.8 Å². The van der Waals surface area contributed by atoms with E-state index in [1.165, 1.54) is 16.4 Å². The molecule has 4 nitrogen and oxygen atoms in total. The third kappa shape index (κ3) is 4.12. The van der Waals surface area contributed by atoms with Gasteiger partial charge in [0.05, 0.1) is 0 Å². The lowest BCUT2D eigenvalue weighted by Crippen LogP contribution is -2.37. The Morgan fingerprint density at radius 2 is 2.10 bits per heavy atom. The number of benzene rings is 1. The van der Waals surface area contributed by atoms with E-state index in [0.29, 0.717) is 10.0 Å². The second-order valence-corrected chi connectivity index (χ2v) is 7.64. The highest BCUT2D eigenvalue weighted by atomic mass is 79.9. The van der Waals surface area contributed by atoms with Gasteiger partial charge in [-0.05, 0) is 33.0 Å². The average molecular weight is 379 g/mol. The third-order valence-corrected chi connectivity index (χ3v) is 5.42. The van der Waals surface area contributed by atoms with E-state index in [4.69, 9.17) is 0 Å². The molecule has 0 unspecified atom stereocenters. The molecule has 0 heterocycles. The molecule has 1 aromatic carbocycles. The molecule has 0 radical (unpaired) electrons. The summed E-state index contributed by atoms with van der Waals surface area (Å²) in [6, 6.07) is 2.57. The fraction of sp³-hybridized carbons (Fsp3) is 0.429. The summed E-state index contributed by atoms with van der Waals surface area (Å²) >= 11 is 3.24. The summed E-state index contributed by atoms with van der Waals surface area (Å²) in [4.78, 5) is -0.322. The van der Waals surface area contributed by atoms with Crippen molar-refractivity contribution in [3.63, 3.8) is 0 Å². The van der Waals surface area contributed by atoms with Crippen LogP contribution in [0.5, 0.6) is 0 Å². The summed E-state index contributed by atoms with van der Waals surface area (Å²) in [5.74, 6) is -0.720. The Morgan fingerprint density at radius 3 is 2.57 bits per heavy atom. The van der Waals surface area contributed by atoms with Crippen LogP contribution in [0.1, 0.15) is 19.4 Å². The summed E-state index contributed by atoms with van der Waals surface area (Å²) in [5, 5.41) is 2.82. The number of sulfonamides is 1. The highest BCUT2D eigenvalue weighted by Crippen LogP contribution is 2.27. The van der Waals surface area contributed by atoms with Gasteiger partial charge >= 0.3 is 0 Å². The molecule has 7 heteroatoms. The molecule has 0 fully saturated rings. The van der Waals surface area contributed by atoms with Gasteiger partial charge in [0.2, 0.25) is 10.0 Å². The molecule has 118 valence electrons. The van der Waals surface area contributed by atoms with Gasteiger partial charge in [-0.3, -0.25) is 0 Å². The molecule has 0 saturated heterocycles. The molecule has 1 aromatic rings. The molecular weight excluding hydrogens is 359 g/mol. The van der Waals surface area contributed by atoms with Crippen molar-refractivity contribution in [2.45, 2.75) is 31.3 Å². The Hall–Kier alpha value is -0.760. The summed E-state index contributed by atoms with van der Waals surface area (Å²) in [7, 11) is -2.25. The Kier molecular flexibility index (Phi) is 6.52. The van der Waals surface area contributed by atoms with Crippen molar-refractivity contribution in [3.8, 4) is 0 Å². The van der Waals surface area contributed by atoms with Gasteiger partial charge in [-0.25, -0.2) is 12.8 Å². The van der Waals surface area contributed by atoms with Gasteiger partial charge in [0, 0.05) is 29.2 Å². The van der Waals surface area contributed by atoms with Crippen molar-refractivity contribution in [1.82, 2.24) is 9.62 Å². The molecule has 1 N–H and O–H groups in total. The van der Waals surface area contributed by atoms with E-state index in [9.17, 15) is 12.8 Å². The summed E-state index contributed by atoms with van der Waals surface area (Å²) in [6.07, 6.45) is 1.49. The number of nitrogens with one attached hydrogen (secondary N) is 1. The van der Waals surface area contributed by atoms with E-state index in [0.717, 1.165) is 0 Å². The maximum atomic E-state index is 14.5. The molecule has 21 heavy (non-hydrogen) atoms. The van der Waals surface area contributed by atoms with Gasteiger partial charge in [-0.2, -0.15) is 4.31 Å². The zero-order valence-corrected chi connectivity index (χ0v) is 14.8. The minimum atomic E-state index is -3.93. The van der Waals surface area contributed by atoms with Crippen LogP contribution in [0.3, 0.4) is 0 Å². The zero-order chi connectivity index (χ0) is 16.2. The quantitative estimate of drug-likeness (QED) is 0.742. The van der Waals surface area contributed by atoms with Crippen LogP contribution >= 0.6 is 15.9 Å². The first kappa shape index (κ1) is 18.3. The second kappa shape index (κ2) is 7.49. The van der Waals surface area contributed by atoms with E-state index >= 15 is 0 Å². The molecular formula is C14H20BrFN2O2S. The SMILES string of the molecule is C=CCN(C(C)C)S(=O)(=O)c1cc(Br)cc(CNC)c1F. The molecule has 0 atom stereocenters. The van der Waals surface area contributed by atoms with E-state index in [-0.39, 0.29) is 24.0 Å². The zero-order valence-electron chi connectivity index (χ0n) is 12.4. The Bertz CT molecular complexity index is 618. The van der Waals surface area contributed by atoms with Crippen LogP contribution in [-0.2, 0) is 16.6 Å². The van der Waals surface area contributed by atoms with Crippen LogP contribution in [-0.4, -0.2) is 32.4 Å². The van der Waals surface area contributed by atoms with Crippen LogP contribution in [0.15, 0.2) is 34.2 Å². The first-order chi connectivity index (χ1) is 9.75. The van der Waals surface area contributed by atoms with Crippen molar-refractivity contribution in [2.75, 3.05) is 13.6 Å². The van der Waals surface area contributed by atoms with Crippen molar-refractivity contribution >= 4 is 26.0 Å². The van der Waals surface area contributed by atoms with E-state index in [1.807, 2.05) is 0 Å². The van der Waals surface area contributed by atoms with Gasteiger partial charge in [0.1, 0.15) is 10.7 Å². The molecule has 0 bridgehead atoms. The molecule has 0 amide bonds. The molecule has 0 saturated carbocycles. The number of hydrogen-bond donors (Lipinski definition) is 1. The summed E-state index contributed by atoms with van der Waals surface area (Å²) in [6.45, 7) is 7.42. The number of nitrogens with zero attached hydrogens (tertiary/aromatic N) is 1. The molecule has 0 aromatic heterocycles. The molecule has 0 aliphatic heterocycles. The van der Waals surface area contributed by atoms with Gasteiger partial charge in [-0.1, -0.05) is 22.0 Å². The van der Waals surface area contributed by atoms with E-state index in [1.54, 1.807) is 27.0 Å². The highest BCUT2D eigenvalue weighted by molar-refractivity contribution is 9.10. The van der Waals surface area contributed by atoms with Crippen molar-refractivity contribution in [2.24, 2.45) is 0 Å². The van der Waals surface area contributed by atoms with Gasteiger partial charge in [-0.15, -0.1) is 6.58 Å². The van der Waals surface area contributed by atoms with Crippen molar-refractivity contribution in [3.05, 3.63) is 40.6 Å². The highest BCUT2D eigenvalue weighted by Gasteiger charge is 2.30. The van der Waals surface area contributed by atoms with Crippen LogP contribution in [0.25, 0.3) is 0 Å². The molecule has 0 spiro atoms. The molecule has 1 rings (SSSR count). The normalized spacial score (nSPS) is 12.1. The number of rotatable bonds is 7. The maximum Gasteiger partial charge on any atom is 0.246 e. The smallest absolute Gasteiger partial charge is 0.246 e. The predicted octanol–water partition coefficient (Wildman–Crippen LogP) is 2.89. The van der Waals surface area contributed by atoms with Gasteiger partial charge in [0.15, 0.2) is 0 Å². The van der Waals surface area contributed by atoms with Crippen LogP contribution in [0.2, 0.25) is 0 Å². The maximum absolute atomic E-state index is 14.5. The summed E-state index contributed by atoms with van der Waals surface area (Å²) in [5.41, 5.74) is 0.299. The Labute approximate surface area is 134 Å². The minimum Gasteiger partial charge on any atom is -0.316 e. The summed E-state index contributed by atoms with van der Waals surface area (Å²) < 4.78 is 41.6. The number of hydrogen-bond acceptors (Lipinski definition) is 3. The minimum absolute atomic E-state index is 0.132. The number of halogens is 2. The predicted molar refractivity (Wildman–Crippen MR) is 86.1 cm³/mol. The molecule has 0 aliphatic carbocycles. The standard InChI is InChI=1S/C14H20BrFN2O2S/c1-5-6-18(10(2)3)21(19,20)13-8-12(15)7-11(9-17-4)14(13)16/h5,7-8,10,17H,1,6,9H2,2-4H3. The Balaban J connectivity index is 3.46. The van der Waals surface area contributed by atoms with Crippen LogP contribution in [0.4, 0.5) is 4.39 Å². The topological polar surface area (TPSA) is 49.4 Å². The monoisotopic (exact) mass is 378 g/mol. The molecule has 0 aliphatic rings. The lowest BCUT2D eigenvalue weighted by Gasteiger charge is -2.25. The van der Waals surface area contributed by atoms with Crippen molar-refractivity contribution < 1.29 is 12.8 Å². The van der Waals surface area contributed by atoms with Crippen LogP contribution in [0, 0.1) is 5.82 Å². The third-order valence-electron chi connectivity index (χ3n) is 2.92. The first-order valence-electron chi connectivity index (χ1n) is 6.51. The fourth-order valence-electron chi connectivity index (χ4n) is 1.97. The first-order valence-corrected chi connectivity index (χ1v) is 8.74. The van der Waals surface area contributed by atoms with Crippen LogP contribution < -0.4 is 5.32 Å². The van der Waals surface area contributed by atoms with Gasteiger partial charge in [0.25, 0.3) is 0 Å². The van der Waals surface area contributed by atoms with E-state index < -0.39 is 15.8 Å². The lowest BCUT2D eigenvalue weighted by atomic mass is 10.2. The second-order valence-electron chi connectivity index (χ2n) is 4.86. The van der Waals surface area contributed by atoms with Gasteiger partial charge < -0.3 is 5.32 Å². The lowest BCUT2D eigenvalue weighted by molar-refractivity contribution is 0.380. The fourth-order valence-corrected chi connectivity index (χ4v) is 4.36. The Morgan fingerprint density at radius 1 is 1.48 bits per heavy atom. The largest absolute Gasteiger partial charge is 0.316 e.